The molecule has 5 heterocycles. The third kappa shape index (κ3) is 5.55. The van der Waals surface area contributed by atoms with E-state index in [0.29, 0.717) is 68.0 Å². The Morgan fingerprint density at radius 2 is 1.75 bits per heavy atom. The predicted octanol–water partition coefficient (Wildman–Crippen LogP) is 3.97. The van der Waals surface area contributed by atoms with Gasteiger partial charge in [-0.15, -0.1) is 0 Å². The van der Waals surface area contributed by atoms with Crippen molar-refractivity contribution in [3.8, 4) is 5.75 Å². The molecule has 14 heteroatoms. The number of amides is 1. The molecule has 2 N–H and O–H groups in total. The minimum Gasteiger partial charge on any atom is -0.496 e. The van der Waals surface area contributed by atoms with Crippen molar-refractivity contribution in [2.75, 3.05) is 59.5 Å². The molecule has 0 radical (unpaired) electrons. The highest BCUT2D eigenvalue weighted by molar-refractivity contribution is 5.95. The number of benzene rings is 2. The van der Waals surface area contributed by atoms with Crippen molar-refractivity contribution in [2.45, 2.75) is 93.9 Å². The van der Waals surface area contributed by atoms with E-state index in [-0.39, 0.29) is 31.2 Å². The number of aliphatic hydroxyl groups is 1. The molecule has 320 valence electrons. The van der Waals surface area contributed by atoms with Crippen molar-refractivity contribution in [1.82, 2.24) is 14.8 Å². The van der Waals surface area contributed by atoms with Crippen LogP contribution in [-0.4, -0.2) is 128 Å². The molecule has 5 aliphatic rings. The third-order valence-corrected chi connectivity index (χ3v) is 14.8. The highest BCUT2D eigenvalue weighted by Crippen LogP contribution is 2.68. The number of nitrogens with zero attached hydrogens (tertiary/aromatic N) is 3. The maximum atomic E-state index is 15.3. The van der Waals surface area contributed by atoms with Crippen LogP contribution >= 0.6 is 0 Å². The molecule has 1 saturated heterocycles. The molecule has 1 spiro atoms. The number of para-hydroxylation sites is 1. The molecular weight excluding hydrogens is 769 g/mol. The molecule has 1 aliphatic carbocycles. The minimum absolute atomic E-state index is 0.00365. The van der Waals surface area contributed by atoms with Crippen LogP contribution in [0.5, 0.6) is 5.75 Å². The smallest absolute Gasteiger partial charge is 0.344 e. The number of rotatable bonds is 10. The molecule has 0 bridgehead atoms. The molecule has 2 aromatic carbocycles. The predicted molar refractivity (Wildman–Crippen MR) is 222 cm³/mol. The lowest BCUT2D eigenvalue weighted by atomic mass is 9.47. The molecule has 60 heavy (non-hydrogen) atoms. The zero-order valence-electron chi connectivity index (χ0n) is 35.5. The lowest BCUT2D eigenvalue weighted by molar-refractivity contribution is -0.228. The van der Waals surface area contributed by atoms with Crippen LogP contribution in [0.25, 0.3) is 10.9 Å². The largest absolute Gasteiger partial charge is 0.496 e. The van der Waals surface area contributed by atoms with Gasteiger partial charge in [-0.25, -0.2) is 4.79 Å². The Morgan fingerprint density at radius 1 is 1.00 bits per heavy atom. The first kappa shape index (κ1) is 41.5. The van der Waals surface area contributed by atoms with E-state index in [4.69, 9.17) is 18.9 Å². The Bertz CT molecular complexity index is 2290. The van der Waals surface area contributed by atoms with Gasteiger partial charge in [-0.1, -0.05) is 44.2 Å². The molecule has 2 fully saturated rings. The van der Waals surface area contributed by atoms with E-state index < -0.39 is 57.8 Å². The third-order valence-electron chi connectivity index (χ3n) is 14.8. The standard InChI is InChI=1S/C46H56N4O10/c1-8-29(53)21-28-24-45(41(54)58-6,37-31(15-19-49(25-28)26-51)30-13-10-11-14-34(30)47-37)33-22-32-35(23-36(33)57-5)48(4)39-44(32)17-20-50-18-12-16-43(9-2,38(44)50)40(60-27(3)52)46(39,56)42(55)59-7/h10-14,16,22-23,26,28,38-40,47,56H,8-9,15,17-21,24-25H2,1-7H3. The second kappa shape index (κ2) is 15.1. The van der Waals surface area contributed by atoms with Gasteiger partial charge in [-0.3, -0.25) is 24.1 Å². The lowest BCUT2D eigenvalue weighted by Crippen LogP contribution is -2.81. The molecular formula is C46H56N4O10. The summed E-state index contributed by atoms with van der Waals surface area (Å²) in [6.45, 7) is 6.90. The molecule has 8 atom stereocenters. The Kier molecular flexibility index (Phi) is 10.4. The van der Waals surface area contributed by atoms with E-state index >= 15 is 4.79 Å². The molecule has 1 aromatic heterocycles. The second-order valence-electron chi connectivity index (χ2n) is 17.4. The van der Waals surface area contributed by atoms with Crippen molar-refractivity contribution in [3.05, 3.63) is 70.9 Å². The zero-order chi connectivity index (χ0) is 42.9. The molecule has 4 aliphatic heterocycles. The molecule has 1 saturated carbocycles. The average Bonchev–Trinajstić information content (AvgIpc) is 3.92. The summed E-state index contributed by atoms with van der Waals surface area (Å²) in [5.74, 6) is -2.22. The monoisotopic (exact) mass is 824 g/mol. The number of fused-ring (bicyclic) bond motifs is 4. The molecule has 1 amide bonds. The van der Waals surface area contributed by atoms with Crippen molar-refractivity contribution >= 4 is 46.7 Å². The summed E-state index contributed by atoms with van der Waals surface area (Å²) >= 11 is 0. The summed E-state index contributed by atoms with van der Waals surface area (Å²) in [5.41, 5.74) is -1.75. The normalized spacial score (nSPS) is 31.8. The number of hydrogen-bond donors (Lipinski definition) is 2. The van der Waals surface area contributed by atoms with Gasteiger partial charge in [0.2, 0.25) is 12.0 Å². The number of Topliss-reactive ketones (excluding diaryl/α,β-unsaturated/α-hetero) is 1. The van der Waals surface area contributed by atoms with E-state index in [9.17, 15) is 24.3 Å². The number of ketones is 1. The van der Waals surface area contributed by atoms with Crippen molar-refractivity contribution in [1.29, 1.82) is 0 Å². The summed E-state index contributed by atoms with van der Waals surface area (Å²) < 4.78 is 23.7. The second-order valence-corrected chi connectivity index (χ2v) is 17.4. The van der Waals surface area contributed by atoms with Gasteiger partial charge < -0.3 is 38.8 Å². The van der Waals surface area contributed by atoms with E-state index in [1.807, 2.05) is 67.4 Å². The van der Waals surface area contributed by atoms with Crippen LogP contribution in [-0.2, 0) is 55.4 Å². The summed E-state index contributed by atoms with van der Waals surface area (Å²) in [6, 6.07) is 10.3. The van der Waals surface area contributed by atoms with Crippen LogP contribution in [0.2, 0.25) is 0 Å². The van der Waals surface area contributed by atoms with Crippen LogP contribution in [0.4, 0.5) is 5.69 Å². The summed E-state index contributed by atoms with van der Waals surface area (Å²) in [4.78, 5) is 78.2. The first-order valence-corrected chi connectivity index (χ1v) is 21.0. The van der Waals surface area contributed by atoms with Gasteiger partial charge in [-0.2, -0.15) is 0 Å². The van der Waals surface area contributed by atoms with Gasteiger partial charge in [0.1, 0.15) is 16.9 Å². The van der Waals surface area contributed by atoms with Crippen LogP contribution in [0.15, 0.2) is 48.6 Å². The number of ether oxygens (including phenoxy) is 4. The van der Waals surface area contributed by atoms with Gasteiger partial charge in [0, 0.05) is 97.2 Å². The Labute approximate surface area is 350 Å². The number of H-pyrrole nitrogens is 1. The van der Waals surface area contributed by atoms with Gasteiger partial charge in [0.25, 0.3) is 0 Å². The summed E-state index contributed by atoms with van der Waals surface area (Å²) in [6.07, 6.45) is 5.41. The maximum absolute atomic E-state index is 15.3. The number of nitrogens with one attached hydrogen (secondary N) is 1. The Hall–Kier alpha value is -5.21. The van der Waals surface area contributed by atoms with Crippen LogP contribution in [0, 0.1) is 11.3 Å². The fraction of sp³-hybridized carbons (Fsp3) is 0.543. The number of hydrogen-bond acceptors (Lipinski definition) is 12. The van der Waals surface area contributed by atoms with E-state index in [0.717, 1.165) is 28.4 Å². The Balaban J connectivity index is 1.48. The van der Waals surface area contributed by atoms with Crippen LogP contribution in [0.1, 0.15) is 75.3 Å². The van der Waals surface area contributed by atoms with E-state index in [1.165, 1.54) is 28.3 Å². The first-order chi connectivity index (χ1) is 28.8. The minimum atomic E-state index is -2.35. The van der Waals surface area contributed by atoms with Gasteiger partial charge in [0.05, 0.1) is 27.4 Å². The Morgan fingerprint density at radius 3 is 2.42 bits per heavy atom. The first-order valence-electron chi connectivity index (χ1n) is 21.0. The number of aromatic amines is 1. The fourth-order valence-electron chi connectivity index (χ4n) is 12.6. The van der Waals surface area contributed by atoms with Crippen molar-refractivity contribution < 1.29 is 48.0 Å². The average molecular weight is 825 g/mol. The number of aromatic nitrogens is 1. The van der Waals surface area contributed by atoms with E-state index in [2.05, 4.69) is 9.88 Å². The van der Waals surface area contributed by atoms with Crippen molar-refractivity contribution in [2.24, 2.45) is 11.3 Å². The SMILES string of the molecule is CCC(=O)CC1CN(C=O)CCc2c([nH]c3ccccc23)C(C(=O)OC)(c2cc3c(cc2OC)N(C)C2C(O)(C(=O)OC)C(OC(C)=O)C4(CC)C=CCN5CCC32C54)C1. The molecule has 3 aromatic rings. The van der Waals surface area contributed by atoms with Gasteiger partial charge >= 0.3 is 17.9 Å². The topological polar surface area (TPSA) is 168 Å². The highest BCUT2D eigenvalue weighted by atomic mass is 16.6. The molecule has 8 unspecified atom stereocenters. The number of likely N-dealkylation sites (N-methyl/N-ethyl adjacent to an activating group) is 1. The van der Waals surface area contributed by atoms with Gasteiger partial charge in [-0.05, 0) is 61.4 Å². The highest BCUT2D eigenvalue weighted by Gasteiger charge is 2.80. The maximum Gasteiger partial charge on any atom is 0.344 e. The van der Waals surface area contributed by atoms with Crippen LogP contribution in [0.3, 0.4) is 0 Å². The lowest BCUT2D eigenvalue weighted by Gasteiger charge is -2.63. The fourth-order valence-corrected chi connectivity index (χ4v) is 12.6. The quantitative estimate of drug-likeness (QED) is 0.131. The number of carbonyl (C=O) groups excluding carboxylic acids is 5. The van der Waals surface area contributed by atoms with E-state index in [1.54, 1.807) is 11.8 Å². The number of carbonyl (C=O) groups is 5. The summed E-state index contributed by atoms with van der Waals surface area (Å²) in [7, 11) is 5.94. The van der Waals surface area contributed by atoms with Crippen molar-refractivity contribution in [3.63, 3.8) is 0 Å². The zero-order valence-corrected chi connectivity index (χ0v) is 35.5. The number of anilines is 1. The molecule has 14 nitrogen and oxygen atoms in total. The molecule has 8 rings (SSSR count). The number of esters is 3. The van der Waals surface area contributed by atoms with Crippen LogP contribution < -0.4 is 9.64 Å². The summed E-state index contributed by atoms with van der Waals surface area (Å²) in [5, 5.41) is 14.2. The van der Waals surface area contributed by atoms with Gasteiger partial charge in [0.15, 0.2) is 6.10 Å². The number of methoxy groups -OCH3 is 3.